The minimum Gasteiger partial charge on any atom is -0.0623 e. The zero-order valence-corrected chi connectivity index (χ0v) is 8.06. The fraction of sp³-hybridized carbons (Fsp3) is 1.00. The van der Waals surface area contributed by atoms with Crippen molar-refractivity contribution in [3.05, 3.63) is 0 Å². The van der Waals surface area contributed by atoms with Crippen LogP contribution in [0, 0.1) is 23.2 Å². The van der Waals surface area contributed by atoms with E-state index in [0.717, 1.165) is 23.2 Å². The highest BCUT2D eigenvalue weighted by molar-refractivity contribution is 5.03. The normalized spacial score (nSPS) is 56.5. The fourth-order valence-corrected chi connectivity index (χ4v) is 2.93. The van der Waals surface area contributed by atoms with Gasteiger partial charge in [-0.15, -0.1) is 0 Å². The predicted molar refractivity (Wildman–Crippen MR) is 48.4 cm³/mol. The Morgan fingerprint density at radius 1 is 1.00 bits per heavy atom. The molecule has 2 aliphatic rings. The molecule has 0 nitrogen and oxygen atoms in total. The molecule has 2 aliphatic carbocycles. The summed E-state index contributed by atoms with van der Waals surface area (Å²) in [6.45, 7) is 7.30. The lowest BCUT2D eigenvalue weighted by atomic mass is 9.73. The maximum atomic E-state index is 2.44. The van der Waals surface area contributed by atoms with Gasteiger partial charge in [-0.1, -0.05) is 20.8 Å². The van der Waals surface area contributed by atoms with Gasteiger partial charge in [0.1, 0.15) is 0 Å². The molecule has 0 bridgehead atoms. The Kier molecular flexibility index (Phi) is 1.56. The second-order valence-electron chi connectivity index (χ2n) is 5.16. The molecule has 0 radical (unpaired) electrons. The van der Waals surface area contributed by atoms with Crippen LogP contribution in [-0.2, 0) is 0 Å². The average molecular weight is 152 g/mol. The molecule has 0 heteroatoms. The maximum absolute atomic E-state index is 2.44. The lowest BCUT2D eigenvalue weighted by molar-refractivity contribution is 0.181. The van der Waals surface area contributed by atoms with E-state index in [0.29, 0.717) is 0 Å². The molecule has 11 heavy (non-hydrogen) atoms. The van der Waals surface area contributed by atoms with E-state index >= 15 is 0 Å². The van der Waals surface area contributed by atoms with Crippen molar-refractivity contribution in [2.45, 2.75) is 46.5 Å². The minimum atomic E-state index is 0.839. The average Bonchev–Trinajstić information content (AvgIpc) is 2.55. The predicted octanol–water partition coefficient (Wildman–Crippen LogP) is 3.47. The highest BCUT2D eigenvalue weighted by Gasteiger charge is 2.52. The maximum Gasteiger partial charge on any atom is -0.0266 e. The van der Waals surface area contributed by atoms with Crippen LogP contribution in [0.3, 0.4) is 0 Å². The molecule has 0 aliphatic heterocycles. The molecule has 1 spiro atoms. The van der Waals surface area contributed by atoms with Gasteiger partial charge in [0.15, 0.2) is 0 Å². The minimum absolute atomic E-state index is 0.839. The number of hydrogen-bond acceptors (Lipinski definition) is 0. The van der Waals surface area contributed by atoms with Gasteiger partial charge in [-0.25, -0.2) is 0 Å². The van der Waals surface area contributed by atoms with Crippen LogP contribution in [0.25, 0.3) is 0 Å². The first-order valence-electron chi connectivity index (χ1n) is 5.14. The summed E-state index contributed by atoms with van der Waals surface area (Å²) in [4.78, 5) is 0. The molecule has 2 rings (SSSR count). The van der Waals surface area contributed by atoms with E-state index in [4.69, 9.17) is 0 Å². The molecule has 0 aromatic heterocycles. The molecule has 2 saturated carbocycles. The Balaban J connectivity index is 1.99. The molecule has 0 aromatic carbocycles. The number of hydrogen-bond donors (Lipinski definition) is 0. The summed E-state index contributed by atoms with van der Waals surface area (Å²) >= 11 is 0. The van der Waals surface area contributed by atoms with Gasteiger partial charge in [0, 0.05) is 0 Å². The summed E-state index contributed by atoms with van der Waals surface area (Å²) in [5.41, 5.74) is 0.839. The summed E-state index contributed by atoms with van der Waals surface area (Å²) in [5.74, 6) is 3.04. The fourth-order valence-electron chi connectivity index (χ4n) is 2.93. The molecule has 0 N–H and O–H groups in total. The lowest BCUT2D eigenvalue weighted by Gasteiger charge is -2.32. The van der Waals surface area contributed by atoms with Gasteiger partial charge in [-0.3, -0.25) is 0 Å². The third kappa shape index (κ3) is 1.11. The first kappa shape index (κ1) is 7.64. The second-order valence-corrected chi connectivity index (χ2v) is 5.16. The molecule has 4 unspecified atom stereocenters. The first-order valence-corrected chi connectivity index (χ1v) is 5.14. The Hall–Kier alpha value is 0. The third-order valence-electron chi connectivity index (χ3n) is 4.40. The van der Waals surface area contributed by atoms with Gasteiger partial charge in [0.25, 0.3) is 0 Å². The molecule has 0 amide bonds. The second kappa shape index (κ2) is 2.24. The zero-order chi connectivity index (χ0) is 8.06. The van der Waals surface area contributed by atoms with Crippen LogP contribution in [0.5, 0.6) is 0 Å². The summed E-state index contributed by atoms with van der Waals surface area (Å²) in [6, 6.07) is 0. The van der Waals surface area contributed by atoms with Gasteiger partial charge in [-0.05, 0) is 48.9 Å². The van der Waals surface area contributed by atoms with Crippen molar-refractivity contribution in [1.82, 2.24) is 0 Å². The van der Waals surface area contributed by atoms with Crippen molar-refractivity contribution in [2.75, 3.05) is 0 Å². The molecule has 0 aromatic rings. The standard InChI is InChI=1S/C11H20/c1-8-4-5-11(6-9(8)2)7-10(11)3/h8-10H,4-7H2,1-3H3. The monoisotopic (exact) mass is 152 g/mol. The van der Waals surface area contributed by atoms with Gasteiger partial charge in [0.2, 0.25) is 0 Å². The van der Waals surface area contributed by atoms with Gasteiger partial charge in [0.05, 0.1) is 0 Å². The van der Waals surface area contributed by atoms with E-state index in [-0.39, 0.29) is 0 Å². The van der Waals surface area contributed by atoms with Crippen LogP contribution in [0.2, 0.25) is 0 Å². The third-order valence-corrected chi connectivity index (χ3v) is 4.40. The first-order chi connectivity index (χ1) is 5.14. The molecule has 4 atom stereocenters. The van der Waals surface area contributed by atoms with E-state index in [2.05, 4.69) is 20.8 Å². The van der Waals surface area contributed by atoms with Crippen LogP contribution >= 0.6 is 0 Å². The zero-order valence-electron chi connectivity index (χ0n) is 8.06. The topological polar surface area (TPSA) is 0 Å². The molecule has 0 heterocycles. The van der Waals surface area contributed by atoms with E-state index in [1.807, 2.05) is 0 Å². The van der Waals surface area contributed by atoms with Crippen molar-refractivity contribution in [1.29, 1.82) is 0 Å². The Morgan fingerprint density at radius 3 is 2.09 bits per heavy atom. The van der Waals surface area contributed by atoms with Gasteiger partial charge in [-0.2, -0.15) is 0 Å². The Labute approximate surface area is 70.4 Å². The van der Waals surface area contributed by atoms with Crippen LogP contribution in [0.1, 0.15) is 46.5 Å². The highest BCUT2D eigenvalue weighted by atomic mass is 14.6. The van der Waals surface area contributed by atoms with E-state index in [1.165, 1.54) is 25.7 Å². The van der Waals surface area contributed by atoms with E-state index < -0.39 is 0 Å². The lowest BCUT2D eigenvalue weighted by Crippen LogP contribution is -2.22. The Bertz CT molecular complexity index is 161. The smallest absolute Gasteiger partial charge is 0.0266 e. The largest absolute Gasteiger partial charge is 0.0623 e. The van der Waals surface area contributed by atoms with Crippen LogP contribution in [-0.4, -0.2) is 0 Å². The van der Waals surface area contributed by atoms with Crippen LogP contribution in [0.15, 0.2) is 0 Å². The van der Waals surface area contributed by atoms with E-state index in [9.17, 15) is 0 Å². The Morgan fingerprint density at radius 2 is 1.64 bits per heavy atom. The summed E-state index contributed by atoms with van der Waals surface area (Å²) < 4.78 is 0. The van der Waals surface area contributed by atoms with Gasteiger partial charge < -0.3 is 0 Å². The molecule has 0 saturated heterocycles. The quantitative estimate of drug-likeness (QED) is 0.498. The molecular formula is C11H20. The highest BCUT2D eigenvalue weighted by Crippen LogP contribution is 2.62. The van der Waals surface area contributed by atoms with Crippen molar-refractivity contribution in [3.8, 4) is 0 Å². The molecular weight excluding hydrogens is 132 g/mol. The van der Waals surface area contributed by atoms with Crippen LogP contribution < -0.4 is 0 Å². The van der Waals surface area contributed by atoms with Crippen molar-refractivity contribution in [3.63, 3.8) is 0 Å². The van der Waals surface area contributed by atoms with Crippen molar-refractivity contribution < 1.29 is 0 Å². The molecule has 64 valence electrons. The van der Waals surface area contributed by atoms with Crippen molar-refractivity contribution >= 4 is 0 Å². The van der Waals surface area contributed by atoms with Gasteiger partial charge >= 0.3 is 0 Å². The van der Waals surface area contributed by atoms with E-state index in [1.54, 1.807) is 0 Å². The van der Waals surface area contributed by atoms with Crippen LogP contribution in [0.4, 0.5) is 0 Å². The summed E-state index contributed by atoms with van der Waals surface area (Å²) in [6.07, 6.45) is 6.07. The summed E-state index contributed by atoms with van der Waals surface area (Å²) in [7, 11) is 0. The number of rotatable bonds is 0. The SMILES string of the molecule is CC1CCC2(CC1C)CC2C. The molecule has 2 fully saturated rings. The van der Waals surface area contributed by atoms with Crippen molar-refractivity contribution in [2.24, 2.45) is 23.2 Å². The summed E-state index contributed by atoms with van der Waals surface area (Å²) in [5, 5.41) is 0.